The molecule has 3 rings (SSSR count). The molecule has 3 N–H and O–H groups in total. The molecule has 0 spiro atoms. The van der Waals surface area contributed by atoms with Gasteiger partial charge in [0.15, 0.2) is 0 Å². The van der Waals surface area contributed by atoms with E-state index in [-0.39, 0.29) is 23.1 Å². The Bertz CT molecular complexity index is 996. The zero-order valence-electron chi connectivity index (χ0n) is 16.4. The number of rotatable bonds is 7. The van der Waals surface area contributed by atoms with Crippen LogP contribution in [0.1, 0.15) is 36.3 Å². The first-order chi connectivity index (χ1) is 13.9. The molecule has 0 aliphatic carbocycles. The molecule has 0 saturated heterocycles. The van der Waals surface area contributed by atoms with E-state index in [0.717, 1.165) is 0 Å². The lowest BCUT2D eigenvalue weighted by molar-refractivity contribution is -0.118. The summed E-state index contributed by atoms with van der Waals surface area (Å²) in [4.78, 5) is 25.5. The number of nitrogens with zero attached hydrogens (tertiary/aromatic N) is 3. The van der Waals surface area contributed by atoms with Crippen LogP contribution >= 0.6 is 0 Å². The van der Waals surface area contributed by atoms with Gasteiger partial charge < -0.3 is 10.6 Å². The Kier molecular flexibility index (Phi) is 6.06. The summed E-state index contributed by atoms with van der Waals surface area (Å²) < 4.78 is 15.5. The van der Waals surface area contributed by atoms with Crippen molar-refractivity contribution in [3.05, 3.63) is 59.8 Å². The van der Waals surface area contributed by atoms with E-state index >= 15 is 0 Å². The summed E-state index contributed by atoms with van der Waals surface area (Å²) in [6.45, 7) is 5.60. The number of nitrogens with one attached hydrogen (secondary N) is 3. The first-order valence-electron chi connectivity index (χ1n) is 9.27. The number of para-hydroxylation sites is 1. The summed E-state index contributed by atoms with van der Waals surface area (Å²) >= 11 is 0. The Morgan fingerprint density at radius 1 is 1.24 bits per heavy atom. The average Bonchev–Trinajstić information content (AvgIpc) is 3.31. The largest absolute Gasteiger partial charge is 0.340 e. The Morgan fingerprint density at radius 3 is 2.66 bits per heavy atom. The summed E-state index contributed by atoms with van der Waals surface area (Å²) in [7, 11) is 0. The lowest BCUT2D eigenvalue weighted by Gasteiger charge is -2.19. The van der Waals surface area contributed by atoms with E-state index in [9.17, 15) is 14.0 Å². The maximum atomic E-state index is 14.1. The molecule has 0 aliphatic heterocycles. The van der Waals surface area contributed by atoms with Crippen LogP contribution in [0.25, 0.3) is 5.69 Å². The lowest BCUT2D eigenvalue weighted by Crippen LogP contribution is -2.44. The number of hydrogen-bond acceptors (Lipinski definition) is 4. The Labute approximate surface area is 167 Å². The minimum atomic E-state index is -0.748. The molecule has 8 nitrogen and oxygen atoms in total. The molecule has 0 radical (unpaired) electrons. The van der Waals surface area contributed by atoms with E-state index in [4.69, 9.17) is 0 Å². The van der Waals surface area contributed by atoms with Crippen LogP contribution in [0.3, 0.4) is 0 Å². The van der Waals surface area contributed by atoms with Gasteiger partial charge in [0.2, 0.25) is 5.91 Å². The summed E-state index contributed by atoms with van der Waals surface area (Å²) in [5.41, 5.74) is 1.00. The first kappa shape index (κ1) is 20.2. The number of benzene rings is 1. The molecular formula is C20H23FN6O2. The molecule has 2 aromatic heterocycles. The molecule has 3 aromatic rings. The molecule has 0 fully saturated rings. The molecule has 152 valence electrons. The third-order valence-corrected chi connectivity index (χ3v) is 4.42. The average molecular weight is 398 g/mol. The molecule has 0 bridgehead atoms. The fourth-order valence-electron chi connectivity index (χ4n) is 2.98. The van der Waals surface area contributed by atoms with Crippen molar-refractivity contribution < 1.29 is 14.0 Å². The van der Waals surface area contributed by atoms with Crippen LogP contribution in [-0.2, 0) is 4.79 Å². The molecule has 2 amide bonds. The van der Waals surface area contributed by atoms with E-state index < -0.39 is 17.8 Å². The van der Waals surface area contributed by atoms with Gasteiger partial charge in [-0.1, -0.05) is 26.0 Å². The molecule has 29 heavy (non-hydrogen) atoms. The predicted octanol–water partition coefficient (Wildman–Crippen LogP) is 2.83. The van der Waals surface area contributed by atoms with Crippen LogP contribution in [0.15, 0.2) is 42.7 Å². The number of halogens is 1. The number of hydrogen-bond donors (Lipinski definition) is 3. The van der Waals surface area contributed by atoms with Crippen molar-refractivity contribution in [2.24, 2.45) is 5.92 Å². The van der Waals surface area contributed by atoms with Crippen molar-refractivity contribution in [2.75, 3.05) is 5.32 Å². The highest BCUT2D eigenvalue weighted by Crippen LogP contribution is 2.17. The quantitative estimate of drug-likeness (QED) is 0.569. The molecule has 9 heteroatoms. The van der Waals surface area contributed by atoms with Crippen molar-refractivity contribution in [2.45, 2.75) is 33.2 Å². The molecular weight excluding hydrogens is 375 g/mol. The minimum absolute atomic E-state index is 0.176. The second-order valence-electron chi connectivity index (χ2n) is 7.12. The highest BCUT2D eigenvalue weighted by atomic mass is 19.1. The summed E-state index contributed by atoms with van der Waals surface area (Å²) in [6, 6.07) is 7.06. The number of aromatic amines is 1. The van der Waals surface area contributed by atoms with Gasteiger partial charge in [0, 0.05) is 6.07 Å². The van der Waals surface area contributed by atoms with Gasteiger partial charge in [-0.3, -0.25) is 14.7 Å². The standard InChI is InChI=1S/C20H23FN6O2/c1-12(2)10-16(20(29)25-18-8-9-22-26-18)24-19(28)14-11-23-27(13(14)3)17-7-5-4-6-15(17)21/h4-9,11-12,16H,10H2,1-3H3,(H,24,28)(H2,22,25,26,29)/t16-/m1/s1. The monoisotopic (exact) mass is 398 g/mol. The highest BCUT2D eigenvalue weighted by molar-refractivity contribution is 6.01. The number of H-pyrrole nitrogens is 1. The first-order valence-corrected chi connectivity index (χ1v) is 9.27. The SMILES string of the molecule is Cc1c(C(=O)N[C@H](CC(C)C)C(=O)Nc2ccn[nH]2)cnn1-c1ccccc1F. The third kappa shape index (κ3) is 4.68. The number of aromatic nitrogens is 4. The van der Waals surface area contributed by atoms with Crippen LogP contribution in [0.5, 0.6) is 0 Å². The van der Waals surface area contributed by atoms with Crippen molar-refractivity contribution >= 4 is 17.6 Å². The van der Waals surface area contributed by atoms with Crippen molar-refractivity contribution in [3.8, 4) is 5.69 Å². The normalized spacial score (nSPS) is 12.0. The van der Waals surface area contributed by atoms with Gasteiger partial charge in [-0.05, 0) is 31.4 Å². The van der Waals surface area contributed by atoms with E-state index in [2.05, 4.69) is 25.9 Å². The smallest absolute Gasteiger partial charge is 0.255 e. The molecule has 0 unspecified atom stereocenters. The van der Waals surface area contributed by atoms with E-state index in [1.54, 1.807) is 31.2 Å². The van der Waals surface area contributed by atoms with E-state index in [1.807, 2.05) is 13.8 Å². The molecule has 2 heterocycles. The summed E-state index contributed by atoms with van der Waals surface area (Å²) in [5.74, 6) is -0.621. The van der Waals surface area contributed by atoms with Gasteiger partial charge in [-0.25, -0.2) is 9.07 Å². The van der Waals surface area contributed by atoms with Crippen LogP contribution in [0.4, 0.5) is 10.2 Å². The summed E-state index contributed by atoms with van der Waals surface area (Å²) in [6.07, 6.45) is 3.34. The van der Waals surface area contributed by atoms with E-state index in [0.29, 0.717) is 17.9 Å². The molecule has 0 saturated carbocycles. The van der Waals surface area contributed by atoms with Gasteiger partial charge in [-0.2, -0.15) is 10.2 Å². The predicted molar refractivity (Wildman–Crippen MR) is 106 cm³/mol. The van der Waals surface area contributed by atoms with Gasteiger partial charge in [0.1, 0.15) is 23.4 Å². The maximum Gasteiger partial charge on any atom is 0.255 e. The van der Waals surface area contributed by atoms with Crippen LogP contribution in [0, 0.1) is 18.7 Å². The Hall–Kier alpha value is -3.49. The fourth-order valence-corrected chi connectivity index (χ4v) is 2.98. The van der Waals surface area contributed by atoms with Crippen LogP contribution in [-0.4, -0.2) is 37.8 Å². The van der Waals surface area contributed by atoms with Gasteiger partial charge in [0.05, 0.1) is 23.7 Å². The highest BCUT2D eigenvalue weighted by Gasteiger charge is 2.25. The second kappa shape index (κ2) is 8.68. The zero-order chi connectivity index (χ0) is 21.0. The van der Waals surface area contributed by atoms with Gasteiger partial charge in [0.25, 0.3) is 5.91 Å². The summed E-state index contributed by atoms with van der Waals surface area (Å²) in [5, 5.41) is 16.0. The number of carbonyl (C=O) groups is 2. The zero-order valence-corrected chi connectivity index (χ0v) is 16.4. The Morgan fingerprint density at radius 2 is 2.00 bits per heavy atom. The Balaban J connectivity index is 1.79. The van der Waals surface area contributed by atoms with Gasteiger partial charge >= 0.3 is 0 Å². The van der Waals surface area contributed by atoms with E-state index in [1.165, 1.54) is 23.1 Å². The molecule has 1 atom stereocenters. The van der Waals surface area contributed by atoms with Crippen LogP contribution < -0.4 is 10.6 Å². The topological polar surface area (TPSA) is 105 Å². The van der Waals surface area contributed by atoms with Crippen LogP contribution in [0.2, 0.25) is 0 Å². The van der Waals surface area contributed by atoms with Crippen molar-refractivity contribution in [3.63, 3.8) is 0 Å². The van der Waals surface area contributed by atoms with Crippen molar-refractivity contribution in [1.29, 1.82) is 0 Å². The maximum absolute atomic E-state index is 14.1. The van der Waals surface area contributed by atoms with Gasteiger partial charge in [-0.15, -0.1) is 0 Å². The number of anilines is 1. The van der Waals surface area contributed by atoms with Crippen molar-refractivity contribution in [1.82, 2.24) is 25.3 Å². The third-order valence-electron chi connectivity index (χ3n) is 4.42. The lowest BCUT2D eigenvalue weighted by atomic mass is 10.0. The number of carbonyl (C=O) groups excluding carboxylic acids is 2. The molecule has 1 aromatic carbocycles. The number of amides is 2. The minimum Gasteiger partial charge on any atom is -0.340 e. The molecule has 0 aliphatic rings. The second-order valence-corrected chi connectivity index (χ2v) is 7.12. The fraction of sp³-hybridized carbons (Fsp3) is 0.300.